The van der Waals surface area contributed by atoms with Crippen LogP contribution in [0.2, 0.25) is 0 Å². The first-order valence-electron chi connectivity index (χ1n) is 7.03. The van der Waals surface area contributed by atoms with Crippen molar-refractivity contribution < 1.29 is 4.74 Å². The average Bonchev–Trinajstić information content (AvgIpc) is 2.37. The number of anilines is 2. The highest BCUT2D eigenvalue weighted by molar-refractivity contribution is 5.57. The van der Waals surface area contributed by atoms with Gasteiger partial charge in [-0.05, 0) is 27.7 Å². The summed E-state index contributed by atoms with van der Waals surface area (Å²) in [5, 5.41) is 3.34. The lowest BCUT2D eigenvalue weighted by Crippen LogP contribution is -2.34. The van der Waals surface area contributed by atoms with Crippen molar-refractivity contribution >= 4 is 11.6 Å². The summed E-state index contributed by atoms with van der Waals surface area (Å²) < 4.78 is 5.68. The normalized spacial score (nSPS) is 11.8. The third-order valence-electron chi connectivity index (χ3n) is 3.03. The Kier molecular flexibility index (Phi) is 5.71. The Morgan fingerprint density at radius 1 is 1.25 bits per heavy atom. The zero-order chi connectivity index (χ0) is 15.3. The van der Waals surface area contributed by atoms with Crippen LogP contribution in [-0.2, 0) is 4.74 Å². The molecule has 0 spiro atoms. The third kappa shape index (κ3) is 4.31. The molecule has 6 heteroatoms. The molecule has 6 nitrogen and oxygen atoms in total. The van der Waals surface area contributed by atoms with Crippen molar-refractivity contribution in [1.82, 2.24) is 9.97 Å². The largest absolute Gasteiger partial charge is 0.374 e. The van der Waals surface area contributed by atoms with Crippen molar-refractivity contribution in [3.8, 4) is 0 Å². The van der Waals surface area contributed by atoms with E-state index < -0.39 is 0 Å². The van der Waals surface area contributed by atoms with E-state index in [2.05, 4.69) is 34.6 Å². The molecule has 4 N–H and O–H groups in total. The number of nitrogens with one attached hydrogen (secondary N) is 2. The summed E-state index contributed by atoms with van der Waals surface area (Å²) in [5.41, 5.74) is 3.29. The number of aromatic nitrogens is 2. The Labute approximate surface area is 121 Å². The first-order chi connectivity index (χ1) is 9.30. The van der Waals surface area contributed by atoms with Crippen LogP contribution in [0.4, 0.5) is 11.6 Å². The van der Waals surface area contributed by atoms with E-state index >= 15 is 0 Å². The van der Waals surface area contributed by atoms with Gasteiger partial charge in [-0.25, -0.2) is 15.8 Å². The minimum absolute atomic E-state index is 0.239. The molecule has 0 saturated heterocycles. The van der Waals surface area contributed by atoms with E-state index in [-0.39, 0.29) is 11.5 Å². The lowest BCUT2D eigenvalue weighted by atomic mass is 10.1. The fraction of sp³-hybridized carbons (Fsp3) is 0.714. The van der Waals surface area contributed by atoms with Gasteiger partial charge in [0, 0.05) is 24.6 Å². The molecule has 0 bridgehead atoms. The maximum absolute atomic E-state index is 5.68. The molecule has 0 saturated carbocycles. The highest BCUT2D eigenvalue weighted by Crippen LogP contribution is 2.23. The molecule has 0 aliphatic rings. The third-order valence-corrected chi connectivity index (χ3v) is 3.03. The molecule has 20 heavy (non-hydrogen) atoms. The van der Waals surface area contributed by atoms with E-state index in [0.29, 0.717) is 19.0 Å². The van der Waals surface area contributed by atoms with Gasteiger partial charge in [0.15, 0.2) is 0 Å². The Morgan fingerprint density at radius 2 is 1.85 bits per heavy atom. The summed E-state index contributed by atoms with van der Waals surface area (Å²) >= 11 is 0. The number of hydrogen-bond acceptors (Lipinski definition) is 6. The smallest absolute Gasteiger partial charge is 0.148 e. The second kappa shape index (κ2) is 6.85. The fourth-order valence-corrected chi connectivity index (χ4v) is 1.84. The molecule has 0 atom stereocenters. The quantitative estimate of drug-likeness (QED) is 0.526. The van der Waals surface area contributed by atoms with Crippen molar-refractivity contribution in [2.75, 3.05) is 23.9 Å². The second-order valence-corrected chi connectivity index (χ2v) is 5.75. The Balaban J connectivity index is 2.96. The molecule has 1 aromatic rings. The molecule has 1 heterocycles. The van der Waals surface area contributed by atoms with Gasteiger partial charge in [0.05, 0.1) is 5.60 Å². The summed E-state index contributed by atoms with van der Waals surface area (Å²) in [6, 6.07) is 0. The molecule has 1 rings (SSSR count). The van der Waals surface area contributed by atoms with Crippen molar-refractivity contribution in [2.24, 2.45) is 5.84 Å². The predicted octanol–water partition coefficient (Wildman–Crippen LogP) is 2.42. The van der Waals surface area contributed by atoms with E-state index in [1.165, 1.54) is 0 Å². The number of hydrazine groups is 1. The highest BCUT2D eigenvalue weighted by atomic mass is 16.5. The van der Waals surface area contributed by atoms with Crippen LogP contribution in [0.1, 0.15) is 51.9 Å². The minimum atomic E-state index is -0.250. The first kappa shape index (κ1) is 16.7. The van der Waals surface area contributed by atoms with E-state index in [1.54, 1.807) is 0 Å². The van der Waals surface area contributed by atoms with Gasteiger partial charge >= 0.3 is 0 Å². The number of nitrogens with two attached hydrogens (primary N) is 1. The summed E-state index contributed by atoms with van der Waals surface area (Å²) in [4.78, 5) is 8.98. The number of nitrogen functional groups attached to an aromatic ring is 1. The summed E-state index contributed by atoms with van der Waals surface area (Å²) in [6.45, 7) is 13.5. The van der Waals surface area contributed by atoms with Crippen LogP contribution in [0.3, 0.4) is 0 Å². The standard InChI is InChI=1S/C14H27N5O/c1-7-20-14(5,6)8-16-12-10(4)13(19-15)18-11(17-12)9(2)3/h9H,7-8,15H2,1-6H3,(H2,16,17,18,19). The molecule has 0 unspecified atom stereocenters. The monoisotopic (exact) mass is 281 g/mol. The average molecular weight is 281 g/mol. The Morgan fingerprint density at radius 3 is 2.35 bits per heavy atom. The SMILES string of the molecule is CCOC(C)(C)CNc1nc(C(C)C)nc(NN)c1C. The van der Waals surface area contributed by atoms with Gasteiger partial charge in [0.2, 0.25) is 0 Å². The van der Waals surface area contributed by atoms with E-state index in [9.17, 15) is 0 Å². The van der Waals surface area contributed by atoms with Gasteiger partial charge in [-0.15, -0.1) is 0 Å². The van der Waals surface area contributed by atoms with Gasteiger partial charge in [-0.2, -0.15) is 0 Å². The number of rotatable bonds is 7. The van der Waals surface area contributed by atoms with Crippen LogP contribution in [0.25, 0.3) is 0 Å². The number of ether oxygens (including phenoxy) is 1. The zero-order valence-electron chi connectivity index (χ0n) is 13.4. The van der Waals surface area contributed by atoms with Crippen molar-refractivity contribution in [2.45, 2.75) is 53.1 Å². The van der Waals surface area contributed by atoms with E-state index in [4.69, 9.17) is 10.6 Å². The van der Waals surface area contributed by atoms with Crippen LogP contribution < -0.4 is 16.6 Å². The van der Waals surface area contributed by atoms with E-state index in [1.807, 2.05) is 27.7 Å². The zero-order valence-corrected chi connectivity index (χ0v) is 13.4. The number of hydrogen-bond donors (Lipinski definition) is 3. The van der Waals surface area contributed by atoms with Gasteiger partial charge in [0.1, 0.15) is 17.5 Å². The molecule has 1 aromatic heterocycles. The summed E-state index contributed by atoms with van der Waals surface area (Å²) in [6.07, 6.45) is 0. The topological polar surface area (TPSA) is 85.1 Å². The molecular weight excluding hydrogens is 254 g/mol. The Hall–Kier alpha value is -1.40. The predicted molar refractivity (Wildman–Crippen MR) is 82.9 cm³/mol. The molecule has 114 valence electrons. The molecule has 0 aromatic carbocycles. The molecule has 0 amide bonds. The molecule has 0 aliphatic heterocycles. The van der Waals surface area contributed by atoms with Crippen molar-refractivity contribution in [3.05, 3.63) is 11.4 Å². The van der Waals surface area contributed by atoms with Crippen LogP contribution >= 0.6 is 0 Å². The van der Waals surface area contributed by atoms with Crippen LogP contribution in [0.5, 0.6) is 0 Å². The lowest BCUT2D eigenvalue weighted by molar-refractivity contribution is 0.000632. The maximum atomic E-state index is 5.68. The summed E-state index contributed by atoms with van der Waals surface area (Å²) in [7, 11) is 0. The van der Waals surface area contributed by atoms with Gasteiger partial charge in [0.25, 0.3) is 0 Å². The summed E-state index contributed by atoms with van der Waals surface area (Å²) in [5.74, 6) is 7.98. The van der Waals surface area contributed by atoms with E-state index in [0.717, 1.165) is 17.2 Å². The van der Waals surface area contributed by atoms with Crippen LogP contribution in [-0.4, -0.2) is 28.7 Å². The minimum Gasteiger partial charge on any atom is -0.374 e. The van der Waals surface area contributed by atoms with Crippen molar-refractivity contribution in [3.63, 3.8) is 0 Å². The highest BCUT2D eigenvalue weighted by Gasteiger charge is 2.19. The molecular formula is C14H27N5O. The molecule has 0 fully saturated rings. The fourth-order valence-electron chi connectivity index (χ4n) is 1.84. The number of nitrogens with zero attached hydrogens (tertiary/aromatic N) is 2. The Bertz CT molecular complexity index is 445. The van der Waals surface area contributed by atoms with Gasteiger partial charge in [-0.3, -0.25) is 0 Å². The van der Waals surface area contributed by atoms with Crippen LogP contribution in [0.15, 0.2) is 0 Å². The second-order valence-electron chi connectivity index (χ2n) is 5.75. The van der Waals surface area contributed by atoms with Crippen LogP contribution in [0, 0.1) is 6.92 Å². The maximum Gasteiger partial charge on any atom is 0.148 e. The first-order valence-corrected chi connectivity index (χ1v) is 7.03. The molecule has 0 aliphatic carbocycles. The van der Waals surface area contributed by atoms with Gasteiger partial charge < -0.3 is 15.5 Å². The van der Waals surface area contributed by atoms with Gasteiger partial charge in [-0.1, -0.05) is 13.8 Å². The molecule has 0 radical (unpaired) electrons. The van der Waals surface area contributed by atoms with Crippen molar-refractivity contribution in [1.29, 1.82) is 0 Å². The lowest BCUT2D eigenvalue weighted by Gasteiger charge is -2.26.